The molecule has 27 heavy (non-hydrogen) atoms. The van der Waals surface area contributed by atoms with Gasteiger partial charge in [0.1, 0.15) is 5.82 Å². The van der Waals surface area contributed by atoms with Crippen LogP contribution < -0.4 is 0 Å². The summed E-state index contributed by atoms with van der Waals surface area (Å²) in [4.78, 5) is 18.7. The van der Waals surface area contributed by atoms with Crippen LogP contribution in [0.3, 0.4) is 0 Å². The number of nitrogens with zero attached hydrogens (tertiary/aromatic N) is 1. The Morgan fingerprint density at radius 2 is 1.96 bits per heavy atom. The van der Waals surface area contributed by atoms with Gasteiger partial charge in [0.05, 0.1) is 18.8 Å². The Labute approximate surface area is 157 Å². The van der Waals surface area contributed by atoms with Crippen molar-refractivity contribution in [1.82, 2.24) is 9.88 Å². The summed E-state index contributed by atoms with van der Waals surface area (Å²) in [6.45, 7) is 5.76. The number of halogens is 1. The molecule has 0 aliphatic carbocycles. The van der Waals surface area contributed by atoms with Crippen molar-refractivity contribution in [3.8, 4) is 0 Å². The number of aromatic amines is 1. The maximum absolute atomic E-state index is 13.3. The van der Waals surface area contributed by atoms with Crippen LogP contribution in [-0.4, -0.2) is 41.4 Å². The fourth-order valence-corrected chi connectivity index (χ4v) is 3.87. The van der Waals surface area contributed by atoms with E-state index in [0.29, 0.717) is 19.7 Å². The Hall–Kier alpha value is -2.50. The van der Waals surface area contributed by atoms with Crippen molar-refractivity contribution in [2.24, 2.45) is 0 Å². The lowest BCUT2D eigenvalue weighted by atomic mass is 9.99. The fraction of sp³-hybridized carbons (Fsp3) is 0.318. The second kappa shape index (κ2) is 7.25. The van der Waals surface area contributed by atoms with Crippen LogP contribution in [0.5, 0.6) is 0 Å². The number of benzene rings is 2. The third kappa shape index (κ3) is 3.40. The molecule has 0 saturated carbocycles. The quantitative estimate of drug-likeness (QED) is 0.702. The van der Waals surface area contributed by atoms with E-state index in [0.717, 1.165) is 27.7 Å². The van der Waals surface area contributed by atoms with E-state index >= 15 is 0 Å². The van der Waals surface area contributed by atoms with Crippen molar-refractivity contribution in [2.45, 2.75) is 26.0 Å². The van der Waals surface area contributed by atoms with Crippen molar-refractivity contribution in [3.63, 3.8) is 0 Å². The Kier molecular flexibility index (Phi) is 4.81. The molecular weight excluding hydrogens is 343 g/mol. The summed E-state index contributed by atoms with van der Waals surface area (Å²) in [5, 5.41) is 0.968. The number of para-hydroxylation sites is 1. The number of hydrogen-bond acceptors (Lipinski definition) is 3. The van der Waals surface area contributed by atoms with E-state index < -0.39 is 0 Å². The summed E-state index contributed by atoms with van der Waals surface area (Å²) >= 11 is 0. The first-order valence-corrected chi connectivity index (χ1v) is 9.27. The van der Waals surface area contributed by atoms with E-state index in [1.54, 1.807) is 12.1 Å². The standard InChI is InChI=1S/C22H23FN2O2/c1-14-21(18-5-3-4-6-19(18)24-14)22(26)15(2)25-11-12-27-20(13-25)16-7-9-17(23)10-8-16/h3-10,15,20,24H,11-13H2,1-2H3. The van der Waals surface area contributed by atoms with Gasteiger partial charge in [0, 0.05) is 35.2 Å². The van der Waals surface area contributed by atoms with Crippen molar-refractivity contribution >= 4 is 16.7 Å². The average molecular weight is 366 g/mol. The third-order valence-corrected chi connectivity index (χ3v) is 5.41. The smallest absolute Gasteiger partial charge is 0.182 e. The molecule has 2 unspecified atom stereocenters. The lowest BCUT2D eigenvalue weighted by molar-refractivity contribution is -0.0387. The highest BCUT2D eigenvalue weighted by atomic mass is 19.1. The number of carbonyl (C=O) groups excluding carboxylic acids is 1. The number of ether oxygens (including phenoxy) is 1. The zero-order valence-corrected chi connectivity index (χ0v) is 15.5. The molecule has 1 fully saturated rings. The van der Waals surface area contributed by atoms with E-state index in [4.69, 9.17) is 4.74 Å². The number of nitrogens with one attached hydrogen (secondary N) is 1. The summed E-state index contributed by atoms with van der Waals surface area (Å²) < 4.78 is 19.1. The highest BCUT2D eigenvalue weighted by Crippen LogP contribution is 2.27. The van der Waals surface area contributed by atoms with Gasteiger partial charge in [0.2, 0.25) is 0 Å². The summed E-state index contributed by atoms with van der Waals surface area (Å²) in [6.07, 6.45) is -0.154. The highest BCUT2D eigenvalue weighted by Gasteiger charge is 2.31. The van der Waals surface area contributed by atoms with Gasteiger partial charge in [-0.1, -0.05) is 30.3 Å². The van der Waals surface area contributed by atoms with Gasteiger partial charge in [0.15, 0.2) is 5.78 Å². The summed E-state index contributed by atoms with van der Waals surface area (Å²) in [5.41, 5.74) is 3.58. The number of rotatable bonds is 4. The molecule has 2 atom stereocenters. The maximum Gasteiger partial charge on any atom is 0.182 e. The molecular formula is C22H23FN2O2. The van der Waals surface area contributed by atoms with Crippen LogP contribution in [0.2, 0.25) is 0 Å². The number of ketones is 1. The van der Waals surface area contributed by atoms with E-state index in [1.165, 1.54) is 12.1 Å². The Morgan fingerprint density at radius 3 is 2.74 bits per heavy atom. The van der Waals surface area contributed by atoms with Crippen LogP contribution in [-0.2, 0) is 4.74 Å². The molecule has 2 heterocycles. The molecule has 1 aliphatic rings. The average Bonchev–Trinajstić information content (AvgIpc) is 3.03. The maximum atomic E-state index is 13.3. The van der Waals surface area contributed by atoms with Crippen LogP contribution >= 0.6 is 0 Å². The monoisotopic (exact) mass is 366 g/mol. The minimum atomic E-state index is -0.259. The number of H-pyrrole nitrogens is 1. The predicted octanol–water partition coefficient (Wildman–Crippen LogP) is 4.26. The molecule has 1 N–H and O–H groups in total. The minimum absolute atomic E-state index is 0.115. The molecule has 3 aromatic rings. The third-order valence-electron chi connectivity index (χ3n) is 5.41. The van der Waals surface area contributed by atoms with Crippen molar-refractivity contribution in [2.75, 3.05) is 19.7 Å². The molecule has 0 amide bonds. The van der Waals surface area contributed by atoms with Crippen LogP contribution in [0.25, 0.3) is 10.9 Å². The molecule has 1 aliphatic heterocycles. The second-order valence-corrected chi connectivity index (χ2v) is 7.12. The van der Waals surface area contributed by atoms with Gasteiger partial charge in [-0.2, -0.15) is 0 Å². The Morgan fingerprint density at radius 1 is 1.22 bits per heavy atom. The van der Waals surface area contributed by atoms with Crippen LogP contribution in [0.1, 0.15) is 34.6 Å². The summed E-state index contributed by atoms with van der Waals surface area (Å²) in [7, 11) is 0. The van der Waals surface area contributed by atoms with Gasteiger partial charge in [-0.15, -0.1) is 0 Å². The van der Waals surface area contributed by atoms with Gasteiger partial charge in [-0.05, 0) is 37.6 Å². The van der Waals surface area contributed by atoms with Crippen LogP contribution in [0.4, 0.5) is 4.39 Å². The van der Waals surface area contributed by atoms with Crippen molar-refractivity contribution in [3.05, 3.63) is 71.2 Å². The molecule has 2 aromatic carbocycles. The van der Waals surface area contributed by atoms with Gasteiger partial charge in [-0.3, -0.25) is 9.69 Å². The first-order valence-electron chi connectivity index (χ1n) is 9.27. The highest BCUT2D eigenvalue weighted by molar-refractivity contribution is 6.11. The minimum Gasteiger partial charge on any atom is -0.371 e. The first kappa shape index (κ1) is 17.9. The first-order chi connectivity index (χ1) is 13.0. The van der Waals surface area contributed by atoms with Crippen LogP contribution in [0, 0.1) is 12.7 Å². The molecule has 0 spiro atoms. The fourth-order valence-electron chi connectivity index (χ4n) is 3.87. The molecule has 0 radical (unpaired) electrons. The van der Waals surface area contributed by atoms with E-state index in [-0.39, 0.29) is 23.7 Å². The van der Waals surface area contributed by atoms with E-state index in [1.807, 2.05) is 38.1 Å². The topological polar surface area (TPSA) is 45.3 Å². The molecule has 4 nitrogen and oxygen atoms in total. The number of hydrogen-bond donors (Lipinski definition) is 1. The number of fused-ring (bicyclic) bond motifs is 1. The van der Waals surface area contributed by atoms with Gasteiger partial charge >= 0.3 is 0 Å². The molecule has 1 aromatic heterocycles. The Bertz CT molecular complexity index is 964. The van der Waals surface area contributed by atoms with Crippen LogP contribution in [0.15, 0.2) is 48.5 Å². The number of Topliss-reactive ketones (excluding diaryl/α,β-unsaturated/α-hetero) is 1. The molecule has 5 heteroatoms. The van der Waals surface area contributed by atoms with Gasteiger partial charge in [-0.25, -0.2) is 4.39 Å². The lowest BCUT2D eigenvalue weighted by Crippen LogP contribution is -2.47. The van der Waals surface area contributed by atoms with E-state index in [2.05, 4.69) is 9.88 Å². The van der Waals surface area contributed by atoms with Gasteiger partial charge in [0.25, 0.3) is 0 Å². The second-order valence-electron chi connectivity index (χ2n) is 7.12. The van der Waals surface area contributed by atoms with E-state index in [9.17, 15) is 9.18 Å². The lowest BCUT2D eigenvalue weighted by Gasteiger charge is -2.36. The SMILES string of the molecule is Cc1[nH]c2ccccc2c1C(=O)C(C)N1CCOC(c2ccc(F)cc2)C1. The normalized spacial score (nSPS) is 19.3. The summed E-state index contributed by atoms with van der Waals surface area (Å²) in [6, 6.07) is 14.0. The van der Waals surface area contributed by atoms with Crippen molar-refractivity contribution in [1.29, 1.82) is 0 Å². The van der Waals surface area contributed by atoms with Gasteiger partial charge < -0.3 is 9.72 Å². The number of morpholine rings is 1. The number of aryl methyl sites for hydroxylation is 1. The molecule has 0 bridgehead atoms. The summed E-state index contributed by atoms with van der Waals surface area (Å²) in [5.74, 6) is -0.144. The molecule has 1 saturated heterocycles. The zero-order chi connectivity index (χ0) is 19.0. The number of aromatic nitrogens is 1. The molecule has 140 valence electrons. The largest absolute Gasteiger partial charge is 0.371 e. The predicted molar refractivity (Wildman–Crippen MR) is 103 cm³/mol. The molecule has 4 rings (SSSR count). The number of carbonyl (C=O) groups is 1. The zero-order valence-electron chi connectivity index (χ0n) is 15.5. The Balaban J connectivity index is 1.56. The van der Waals surface area contributed by atoms with Crippen molar-refractivity contribution < 1.29 is 13.9 Å².